The molecule has 0 saturated heterocycles. The van der Waals surface area contributed by atoms with E-state index < -0.39 is 0 Å². The first-order valence-electron chi connectivity index (χ1n) is 7.12. The Bertz CT molecular complexity index is 416. The fourth-order valence-electron chi connectivity index (χ4n) is 3.48. The lowest BCUT2D eigenvalue weighted by atomic mass is 9.81. The predicted octanol–water partition coefficient (Wildman–Crippen LogP) is 2.87. The van der Waals surface area contributed by atoms with Crippen molar-refractivity contribution in [2.24, 2.45) is 17.3 Å². The third kappa shape index (κ3) is 2.71. The Kier molecular flexibility index (Phi) is 3.40. The van der Waals surface area contributed by atoms with Crippen LogP contribution in [0.2, 0.25) is 0 Å². The van der Waals surface area contributed by atoms with Crippen LogP contribution in [-0.4, -0.2) is 25.4 Å². The molecule has 0 aliphatic heterocycles. The fraction of sp³-hybridized carbons (Fsp3) is 0.625. The Labute approximate surface area is 114 Å². The molecular formula is C16H22O3. The lowest BCUT2D eigenvalue weighted by molar-refractivity contribution is 0.0891. The van der Waals surface area contributed by atoms with Crippen LogP contribution in [0.1, 0.15) is 25.7 Å². The molecule has 2 aliphatic carbocycles. The van der Waals surface area contributed by atoms with E-state index >= 15 is 0 Å². The number of hydrogen-bond acceptors (Lipinski definition) is 3. The minimum atomic E-state index is 0.139. The summed E-state index contributed by atoms with van der Waals surface area (Å²) in [6.45, 7) is 0.998. The molecule has 1 aromatic rings. The van der Waals surface area contributed by atoms with Gasteiger partial charge in [0.05, 0.1) is 13.7 Å². The van der Waals surface area contributed by atoms with Gasteiger partial charge in [0.25, 0.3) is 0 Å². The number of aliphatic hydroxyl groups is 1. The van der Waals surface area contributed by atoms with Crippen LogP contribution in [-0.2, 0) is 0 Å². The van der Waals surface area contributed by atoms with Crippen molar-refractivity contribution >= 4 is 0 Å². The summed E-state index contributed by atoms with van der Waals surface area (Å²) in [5.41, 5.74) is 0.139. The molecule has 0 aromatic heterocycles. The zero-order valence-corrected chi connectivity index (χ0v) is 11.5. The van der Waals surface area contributed by atoms with Crippen LogP contribution < -0.4 is 9.47 Å². The van der Waals surface area contributed by atoms with E-state index in [-0.39, 0.29) is 5.41 Å². The van der Waals surface area contributed by atoms with E-state index in [4.69, 9.17) is 9.47 Å². The minimum Gasteiger partial charge on any atom is -0.497 e. The van der Waals surface area contributed by atoms with E-state index in [9.17, 15) is 5.11 Å². The molecule has 0 radical (unpaired) electrons. The first-order valence-corrected chi connectivity index (χ1v) is 7.12. The number of ether oxygens (including phenoxy) is 2. The van der Waals surface area contributed by atoms with Crippen LogP contribution in [0.25, 0.3) is 0 Å². The Hall–Kier alpha value is -1.22. The van der Waals surface area contributed by atoms with Crippen LogP contribution in [0, 0.1) is 17.3 Å². The molecule has 3 nitrogen and oxygen atoms in total. The summed E-state index contributed by atoms with van der Waals surface area (Å²) in [7, 11) is 1.66. The van der Waals surface area contributed by atoms with Crippen molar-refractivity contribution in [1.29, 1.82) is 0 Å². The highest BCUT2D eigenvalue weighted by Crippen LogP contribution is 2.60. The lowest BCUT2D eigenvalue weighted by Crippen LogP contribution is -2.26. The van der Waals surface area contributed by atoms with E-state index in [1.165, 1.54) is 19.3 Å². The number of rotatable bonds is 6. The molecule has 0 heterocycles. The summed E-state index contributed by atoms with van der Waals surface area (Å²) in [6, 6.07) is 7.66. The van der Waals surface area contributed by atoms with Crippen LogP contribution in [0.15, 0.2) is 24.3 Å². The predicted molar refractivity (Wildman–Crippen MR) is 73.5 cm³/mol. The molecule has 19 heavy (non-hydrogen) atoms. The highest BCUT2D eigenvalue weighted by molar-refractivity contribution is 5.31. The largest absolute Gasteiger partial charge is 0.497 e. The van der Waals surface area contributed by atoms with Gasteiger partial charge in [0.15, 0.2) is 0 Å². The minimum absolute atomic E-state index is 0.139. The lowest BCUT2D eigenvalue weighted by Gasteiger charge is -2.28. The van der Waals surface area contributed by atoms with Gasteiger partial charge in [0.1, 0.15) is 11.5 Å². The summed E-state index contributed by atoms with van der Waals surface area (Å²) in [6.07, 6.45) is 4.74. The number of benzene rings is 1. The van der Waals surface area contributed by atoms with Gasteiger partial charge in [-0.3, -0.25) is 0 Å². The monoisotopic (exact) mass is 262 g/mol. The number of aliphatic hydroxyl groups excluding tert-OH is 1. The molecule has 1 N–H and O–H groups in total. The molecule has 2 aliphatic rings. The SMILES string of the molecule is COc1ccc(OCCC2(CO)CC3CC3C2)cc1. The molecule has 2 unspecified atom stereocenters. The van der Waals surface area contributed by atoms with Crippen LogP contribution in [0.3, 0.4) is 0 Å². The standard InChI is InChI=1S/C16H22O3/c1-18-14-2-4-15(5-3-14)19-7-6-16(11-17)9-12-8-13(12)10-16/h2-5,12-13,17H,6-11H2,1H3. The van der Waals surface area contributed by atoms with Crippen molar-refractivity contribution in [3.8, 4) is 11.5 Å². The van der Waals surface area contributed by atoms with E-state index in [0.717, 1.165) is 29.8 Å². The maximum Gasteiger partial charge on any atom is 0.119 e. The van der Waals surface area contributed by atoms with Crippen molar-refractivity contribution < 1.29 is 14.6 Å². The zero-order chi connectivity index (χ0) is 13.3. The molecule has 104 valence electrons. The van der Waals surface area contributed by atoms with Crippen LogP contribution >= 0.6 is 0 Å². The van der Waals surface area contributed by atoms with E-state index in [1.54, 1.807) is 7.11 Å². The van der Waals surface area contributed by atoms with Gasteiger partial charge in [-0.05, 0) is 67.2 Å². The molecule has 2 saturated carbocycles. The van der Waals surface area contributed by atoms with Gasteiger partial charge in [-0.25, -0.2) is 0 Å². The number of methoxy groups -OCH3 is 1. The van der Waals surface area contributed by atoms with Gasteiger partial charge < -0.3 is 14.6 Å². The number of hydrogen-bond donors (Lipinski definition) is 1. The average molecular weight is 262 g/mol. The molecule has 1 aromatic carbocycles. The smallest absolute Gasteiger partial charge is 0.119 e. The highest BCUT2D eigenvalue weighted by Gasteiger charge is 2.53. The summed E-state index contributed by atoms with van der Waals surface area (Å²) in [5.74, 6) is 3.51. The molecule has 0 amide bonds. The second kappa shape index (κ2) is 5.04. The Morgan fingerprint density at radius 2 is 1.79 bits per heavy atom. The Balaban J connectivity index is 1.49. The third-order valence-corrected chi connectivity index (χ3v) is 4.76. The highest BCUT2D eigenvalue weighted by atomic mass is 16.5. The summed E-state index contributed by atoms with van der Waals surface area (Å²) in [5, 5.41) is 9.65. The van der Waals surface area contributed by atoms with Crippen molar-refractivity contribution in [3.63, 3.8) is 0 Å². The third-order valence-electron chi connectivity index (χ3n) is 4.76. The fourth-order valence-corrected chi connectivity index (χ4v) is 3.48. The quantitative estimate of drug-likeness (QED) is 0.856. The van der Waals surface area contributed by atoms with E-state index in [2.05, 4.69) is 0 Å². The Morgan fingerprint density at radius 3 is 2.37 bits per heavy atom. The van der Waals surface area contributed by atoms with Gasteiger partial charge in [-0.1, -0.05) is 0 Å². The molecule has 2 fully saturated rings. The van der Waals surface area contributed by atoms with E-state index in [1.807, 2.05) is 24.3 Å². The molecule has 3 rings (SSSR count). The van der Waals surface area contributed by atoms with Gasteiger partial charge in [0.2, 0.25) is 0 Å². The topological polar surface area (TPSA) is 38.7 Å². The first kappa shape index (κ1) is 12.8. The zero-order valence-electron chi connectivity index (χ0n) is 11.5. The van der Waals surface area contributed by atoms with Crippen molar-refractivity contribution in [3.05, 3.63) is 24.3 Å². The van der Waals surface area contributed by atoms with Crippen molar-refractivity contribution in [2.75, 3.05) is 20.3 Å². The van der Waals surface area contributed by atoms with Gasteiger partial charge >= 0.3 is 0 Å². The van der Waals surface area contributed by atoms with Crippen molar-refractivity contribution in [2.45, 2.75) is 25.7 Å². The molecule has 0 spiro atoms. The number of fused-ring (bicyclic) bond motifs is 1. The van der Waals surface area contributed by atoms with Gasteiger partial charge in [-0.2, -0.15) is 0 Å². The maximum atomic E-state index is 9.65. The van der Waals surface area contributed by atoms with Gasteiger partial charge in [0, 0.05) is 6.61 Å². The molecule has 3 heteroatoms. The molecular weight excluding hydrogens is 240 g/mol. The molecule has 2 atom stereocenters. The first-order chi connectivity index (χ1) is 9.24. The summed E-state index contributed by atoms with van der Waals surface area (Å²) >= 11 is 0. The van der Waals surface area contributed by atoms with Crippen molar-refractivity contribution in [1.82, 2.24) is 0 Å². The Morgan fingerprint density at radius 1 is 1.16 bits per heavy atom. The van der Waals surface area contributed by atoms with Crippen LogP contribution in [0.4, 0.5) is 0 Å². The second-order valence-electron chi connectivity index (χ2n) is 6.10. The normalized spacial score (nSPS) is 31.9. The van der Waals surface area contributed by atoms with Crippen LogP contribution in [0.5, 0.6) is 11.5 Å². The van der Waals surface area contributed by atoms with E-state index in [0.29, 0.717) is 13.2 Å². The maximum absolute atomic E-state index is 9.65. The molecule has 0 bridgehead atoms. The van der Waals surface area contributed by atoms with Gasteiger partial charge in [-0.15, -0.1) is 0 Å². The summed E-state index contributed by atoms with van der Waals surface area (Å²) < 4.78 is 10.9. The average Bonchev–Trinajstić information content (AvgIpc) is 3.07. The summed E-state index contributed by atoms with van der Waals surface area (Å²) in [4.78, 5) is 0. The second-order valence-corrected chi connectivity index (χ2v) is 6.10.